The minimum absolute atomic E-state index is 0.0267. The molecule has 2 aromatic rings. The standard InChI is InChI=1S/C24H24N4O6S/c1-14(3-4-15-5-10-18-19(11-15)34-13-33-18)27-28-24-26-22(30)20(35-24)12-21(29)25-17-8-6-16(7-9-17)23(31)32-2/h5-11,20H,3-4,12-13H2,1-2H3,(H,25,29)(H,26,28,30)/b27-14-/t20-/m0/s1. The molecule has 10 nitrogen and oxygen atoms in total. The summed E-state index contributed by atoms with van der Waals surface area (Å²) in [7, 11) is 1.30. The first kappa shape index (κ1) is 24.3. The van der Waals surface area contributed by atoms with E-state index in [1.54, 1.807) is 24.3 Å². The van der Waals surface area contributed by atoms with E-state index in [4.69, 9.17) is 9.47 Å². The Labute approximate surface area is 206 Å². The average molecular weight is 497 g/mol. The van der Waals surface area contributed by atoms with Crippen LogP contribution < -0.4 is 20.1 Å². The fraction of sp³-hybridized carbons (Fsp3) is 0.292. The summed E-state index contributed by atoms with van der Waals surface area (Å²) in [5.74, 6) is 0.417. The molecule has 1 atom stereocenters. The Kier molecular flexibility index (Phi) is 7.66. The van der Waals surface area contributed by atoms with Gasteiger partial charge in [0.2, 0.25) is 18.6 Å². The van der Waals surface area contributed by atoms with Gasteiger partial charge in [-0.2, -0.15) is 5.10 Å². The van der Waals surface area contributed by atoms with Crippen LogP contribution in [0, 0.1) is 0 Å². The van der Waals surface area contributed by atoms with Gasteiger partial charge in [0.1, 0.15) is 5.25 Å². The summed E-state index contributed by atoms with van der Waals surface area (Å²) in [5, 5.41) is 13.5. The van der Waals surface area contributed by atoms with E-state index in [0.29, 0.717) is 22.8 Å². The molecule has 0 aromatic heterocycles. The number of amides is 2. The second-order valence-electron chi connectivity index (χ2n) is 7.85. The summed E-state index contributed by atoms with van der Waals surface area (Å²) in [6.45, 7) is 2.11. The van der Waals surface area contributed by atoms with E-state index in [2.05, 4.69) is 25.6 Å². The molecule has 0 radical (unpaired) electrons. The van der Waals surface area contributed by atoms with Gasteiger partial charge in [-0.15, -0.1) is 5.10 Å². The third-order valence-corrected chi connectivity index (χ3v) is 6.33. The fourth-order valence-electron chi connectivity index (χ4n) is 3.38. The van der Waals surface area contributed by atoms with Gasteiger partial charge in [-0.1, -0.05) is 17.8 Å². The van der Waals surface area contributed by atoms with Gasteiger partial charge in [0, 0.05) is 17.8 Å². The van der Waals surface area contributed by atoms with Crippen LogP contribution in [0.2, 0.25) is 0 Å². The Hall–Kier alpha value is -3.86. The van der Waals surface area contributed by atoms with Crippen molar-refractivity contribution in [3.63, 3.8) is 0 Å². The van der Waals surface area contributed by atoms with Gasteiger partial charge < -0.3 is 24.8 Å². The average Bonchev–Trinajstić information content (AvgIpc) is 3.47. The smallest absolute Gasteiger partial charge is 0.337 e. The monoisotopic (exact) mass is 496 g/mol. The number of thioether (sulfide) groups is 1. The van der Waals surface area contributed by atoms with E-state index in [9.17, 15) is 14.4 Å². The molecule has 2 aliphatic rings. The first-order valence-electron chi connectivity index (χ1n) is 10.9. The zero-order valence-electron chi connectivity index (χ0n) is 19.2. The van der Waals surface area contributed by atoms with E-state index in [-0.39, 0.29) is 25.0 Å². The highest BCUT2D eigenvalue weighted by Gasteiger charge is 2.32. The molecular formula is C24H24N4O6S. The van der Waals surface area contributed by atoms with Gasteiger partial charge in [0.05, 0.1) is 12.7 Å². The minimum Gasteiger partial charge on any atom is -0.465 e. The lowest BCUT2D eigenvalue weighted by Gasteiger charge is -2.08. The van der Waals surface area contributed by atoms with Crippen molar-refractivity contribution < 1.29 is 28.6 Å². The Bertz CT molecular complexity index is 1200. The number of hydrogen-bond acceptors (Lipinski definition) is 9. The second kappa shape index (κ2) is 11.0. The lowest BCUT2D eigenvalue weighted by atomic mass is 10.1. The van der Waals surface area contributed by atoms with Crippen molar-refractivity contribution in [3.8, 4) is 11.5 Å². The van der Waals surface area contributed by atoms with Gasteiger partial charge in [-0.3, -0.25) is 9.59 Å². The summed E-state index contributed by atoms with van der Waals surface area (Å²) >= 11 is 1.17. The van der Waals surface area contributed by atoms with Crippen LogP contribution in [0.1, 0.15) is 35.7 Å². The molecule has 0 aliphatic carbocycles. The maximum Gasteiger partial charge on any atom is 0.337 e. The number of ether oxygens (including phenoxy) is 3. The number of hydrogen-bond donors (Lipinski definition) is 2. The van der Waals surface area contributed by atoms with E-state index >= 15 is 0 Å². The van der Waals surface area contributed by atoms with Crippen LogP contribution in [0.15, 0.2) is 52.7 Å². The van der Waals surface area contributed by atoms with Crippen LogP contribution in [0.5, 0.6) is 11.5 Å². The number of methoxy groups -OCH3 is 1. The molecule has 2 aliphatic heterocycles. The molecule has 1 saturated heterocycles. The van der Waals surface area contributed by atoms with Crippen molar-refractivity contribution in [1.82, 2.24) is 5.32 Å². The number of amidine groups is 1. The molecular weight excluding hydrogens is 472 g/mol. The van der Waals surface area contributed by atoms with E-state index < -0.39 is 11.2 Å². The molecule has 0 bridgehead atoms. The van der Waals surface area contributed by atoms with Crippen molar-refractivity contribution in [2.24, 2.45) is 10.2 Å². The maximum atomic E-state index is 12.4. The molecule has 35 heavy (non-hydrogen) atoms. The van der Waals surface area contributed by atoms with Crippen molar-refractivity contribution in [1.29, 1.82) is 0 Å². The Morgan fingerprint density at radius 2 is 1.94 bits per heavy atom. The molecule has 11 heteroatoms. The molecule has 2 heterocycles. The summed E-state index contributed by atoms with van der Waals surface area (Å²) in [5.41, 5.74) is 2.80. The van der Waals surface area contributed by atoms with Crippen LogP contribution in [0.4, 0.5) is 5.69 Å². The first-order valence-corrected chi connectivity index (χ1v) is 11.7. The Morgan fingerprint density at radius 3 is 2.71 bits per heavy atom. The molecule has 0 spiro atoms. The molecule has 2 aromatic carbocycles. The van der Waals surface area contributed by atoms with Gasteiger partial charge in [0.15, 0.2) is 16.7 Å². The molecule has 182 valence electrons. The van der Waals surface area contributed by atoms with Crippen LogP contribution in [-0.4, -0.2) is 47.8 Å². The first-order chi connectivity index (χ1) is 16.9. The van der Waals surface area contributed by atoms with E-state index in [0.717, 1.165) is 29.2 Å². The molecule has 0 saturated carbocycles. The molecule has 2 amide bonds. The van der Waals surface area contributed by atoms with Crippen LogP contribution in [-0.2, 0) is 20.7 Å². The van der Waals surface area contributed by atoms with Crippen molar-refractivity contribution >= 4 is 46.1 Å². The second-order valence-corrected chi connectivity index (χ2v) is 9.04. The summed E-state index contributed by atoms with van der Waals surface area (Å²) in [6, 6.07) is 12.1. The largest absolute Gasteiger partial charge is 0.465 e. The number of nitrogens with zero attached hydrogens (tertiary/aromatic N) is 2. The van der Waals surface area contributed by atoms with Crippen molar-refractivity contribution in [2.45, 2.75) is 31.4 Å². The number of esters is 1. The molecule has 2 N–H and O–H groups in total. The topological polar surface area (TPSA) is 128 Å². The van der Waals surface area contributed by atoms with Gasteiger partial charge in [-0.25, -0.2) is 4.79 Å². The SMILES string of the molecule is COC(=O)c1ccc(NC(=O)C[C@@H]2S/C(=N/N=C(/C)CCc3ccc4c(c3)OCO4)NC2=O)cc1. The molecule has 1 fully saturated rings. The zero-order chi connectivity index (χ0) is 24.8. The van der Waals surface area contributed by atoms with E-state index in [1.807, 2.05) is 25.1 Å². The normalized spacial score (nSPS) is 17.9. The number of benzene rings is 2. The van der Waals surface area contributed by atoms with Gasteiger partial charge in [-0.05, 0) is 61.7 Å². The zero-order valence-corrected chi connectivity index (χ0v) is 20.0. The van der Waals surface area contributed by atoms with Crippen LogP contribution in [0.25, 0.3) is 0 Å². The van der Waals surface area contributed by atoms with E-state index in [1.165, 1.54) is 18.9 Å². The maximum absolute atomic E-state index is 12.4. The van der Waals surface area contributed by atoms with Crippen molar-refractivity contribution in [3.05, 3.63) is 53.6 Å². The fourth-order valence-corrected chi connectivity index (χ4v) is 4.29. The Balaban J connectivity index is 1.25. The predicted molar refractivity (Wildman–Crippen MR) is 132 cm³/mol. The number of fused-ring (bicyclic) bond motifs is 1. The number of carbonyl (C=O) groups is 3. The highest BCUT2D eigenvalue weighted by Crippen LogP contribution is 2.32. The number of nitrogens with one attached hydrogen (secondary N) is 2. The quantitative estimate of drug-likeness (QED) is 0.326. The number of rotatable bonds is 8. The highest BCUT2D eigenvalue weighted by molar-refractivity contribution is 8.15. The highest BCUT2D eigenvalue weighted by atomic mass is 32.2. The summed E-state index contributed by atoms with van der Waals surface area (Å²) < 4.78 is 15.4. The molecule has 4 rings (SSSR count). The number of aryl methyl sites for hydroxylation is 1. The molecule has 0 unspecified atom stereocenters. The Morgan fingerprint density at radius 1 is 1.17 bits per heavy atom. The van der Waals surface area contributed by atoms with Gasteiger partial charge in [0.25, 0.3) is 0 Å². The van der Waals surface area contributed by atoms with Crippen LogP contribution >= 0.6 is 11.8 Å². The lowest BCUT2D eigenvalue weighted by Crippen LogP contribution is -2.28. The predicted octanol–water partition coefficient (Wildman–Crippen LogP) is 3.13. The number of carbonyl (C=O) groups excluding carboxylic acids is 3. The third-order valence-electron chi connectivity index (χ3n) is 5.26. The summed E-state index contributed by atoms with van der Waals surface area (Å²) in [6.07, 6.45) is 1.43. The number of anilines is 1. The van der Waals surface area contributed by atoms with Crippen LogP contribution in [0.3, 0.4) is 0 Å². The van der Waals surface area contributed by atoms with Crippen molar-refractivity contribution in [2.75, 3.05) is 19.2 Å². The third kappa shape index (κ3) is 6.38. The van der Waals surface area contributed by atoms with Gasteiger partial charge >= 0.3 is 5.97 Å². The lowest BCUT2D eigenvalue weighted by molar-refractivity contribution is -0.122. The summed E-state index contributed by atoms with van der Waals surface area (Å²) in [4.78, 5) is 36.1. The minimum atomic E-state index is -0.604.